The molecule has 1 fully saturated rings. The topological polar surface area (TPSA) is 47.4 Å². The largest absolute Gasteiger partial charge is 0.465 e. The van der Waals surface area contributed by atoms with Gasteiger partial charge in [0.25, 0.3) is 0 Å². The van der Waals surface area contributed by atoms with Gasteiger partial charge in [0.15, 0.2) is 0 Å². The molecule has 5 heteroatoms. The fourth-order valence-electron chi connectivity index (χ4n) is 4.55. The number of ether oxygens (including phenoxy) is 1. The first-order valence-electron chi connectivity index (χ1n) is 10.2. The Labute approximate surface area is 172 Å². The summed E-state index contributed by atoms with van der Waals surface area (Å²) in [5, 5.41) is 0. The molecule has 2 aromatic carbocycles. The number of carbonyl (C=O) groups is 1. The molecule has 0 bridgehead atoms. The molecule has 0 N–H and O–H groups in total. The summed E-state index contributed by atoms with van der Waals surface area (Å²) in [5.74, 6) is 1.29. The monoisotopic (exact) mass is 391 g/mol. The zero-order chi connectivity index (χ0) is 20.6. The minimum absolute atomic E-state index is 0.0346. The van der Waals surface area contributed by atoms with E-state index in [4.69, 9.17) is 9.72 Å². The Morgan fingerprint density at radius 1 is 1.24 bits per heavy atom. The summed E-state index contributed by atoms with van der Waals surface area (Å²) < 4.78 is 7.10. The number of imidazole rings is 1. The van der Waals surface area contributed by atoms with Gasteiger partial charge in [0.2, 0.25) is 0 Å². The van der Waals surface area contributed by atoms with Gasteiger partial charge in [0, 0.05) is 13.6 Å². The van der Waals surface area contributed by atoms with Gasteiger partial charge in [-0.05, 0) is 54.1 Å². The van der Waals surface area contributed by atoms with E-state index in [0.29, 0.717) is 11.5 Å². The van der Waals surface area contributed by atoms with E-state index in [2.05, 4.69) is 54.6 Å². The predicted molar refractivity (Wildman–Crippen MR) is 115 cm³/mol. The maximum Gasteiger partial charge on any atom is 0.337 e. The fraction of sp³-hybridized carbons (Fsp3) is 0.417. The van der Waals surface area contributed by atoms with Crippen molar-refractivity contribution < 1.29 is 9.53 Å². The molecule has 0 unspecified atom stereocenters. The zero-order valence-corrected chi connectivity index (χ0v) is 17.7. The third kappa shape index (κ3) is 3.55. The number of para-hydroxylation sites is 2. The van der Waals surface area contributed by atoms with Gasteiger partial charge in [0.1, 0.15) is 5.82 Å². The van der Waals surface area contributed by atoms with E-state index in [1.165, 1.54) is 18.2 Å². The number of hydrogen-bond acceptors (Lipinski definition) is 4. The van der Waals surface area contributed by atoms with E-state index in [1.54, 1.807) is 0 Å². The molecule has 152 valence electrons. The van der Waals surface area contributed by atoms with Crippen LogP contribution in [-0.2, 0) is 23.7 Å². The number of carbonyl (C=O) groups excluding carboxylic acids is 1. The zero-order valence-electron chi connectivity index (χ0n) is 17.7. The lowest BCUT2D eigenvalue weighted by Gasteiger charge is -2.45. The Morgan fingerprint density at radius 3 is 2.76 bits per heavy atom. The Balaban J connectivity index is 1.52. The molecule has 0 spiro atoms. The molecule has 2 atom stereocenters. The van der Waals surface area contributed by atoms with Crippen LogP contribution in [0, 0.1) is 5.92 Å². The second-order valence-electron chi connectivity index (χ2n) is 8.45. The van der Waals surface area contributed by atoms with E-state index < -0.39 is 0 Å². The maximum atomic E-state index is 12.0. The molecule has 0 amide bonds. The summed E-state index contributed by atoms with van der Waals surface area (Å²) in [6.45, 7) is 7.49. The summed E-state index contributed by atoms with van der Waals surface area (Å²) in [4.78, 5) is 19.3. The highest BCUT2D eigenvalue weighted by molar-refractivity contribution is 5.89. The van der Waals surface area contributed by atoms with Gasteiger partial charge in [-0.2, -0.15) is 0 Å². The molecule has 0 saturated carbocycles. The van der Waals surface area contributed by atoms with Crippen molar-refractivity contribution in [2.75, 3.05) is 20.2 Å². The van der Waals surface area contributed by atoms with Crippen LogP contribution < -0.4 is 0 Å². The number of fused-ring (bicyclic) bond motifs is 1. The number of rotatable bonds is 4. The molecule has 1 aromatic heterocycles. The Morgan fingerprint density at radius 2 is 2.03 bits per heavy atom. The number of benzene rings is 2. The highest BCUT2D eigenvalue weighted by atomic mass is 16.5. The molecule has 0 radical (unpaired) electrons. The number of nitrogens with zero attached hydrogens (tertiary/aromatic N) is 3. The molecule has 5 nitrogen and oxygen atoms in total. The summed E-state index contributed by atoms with van der Waals surface area (Å²) in [6, 6.07) is 16.2. The second-order valence-corrected chi connectivity index (χ2v) is 8.45. The Kier molecular flexibility index (Phi) is 5.17. The number of piperidine rings is 1. The number of likely N-dealkylation sites (tertiary alicyclic amines) is 1. The Bertz CT molecular complexity index is 1040. The molecule has 1 aliphatic rings. The van der Waals surface area contributed by atoms with Crippen LogP contribution in [0.3, 0.4) is 0 Å². The van der Waals surface area contributed by atoms with Crippen LogP contribution in [0.25, 0.3) is 11.0 Å². The van der Waals surface area contributed by atoms with Gasteiger partial charge in [-0.3, -0.25) is 4.90 Å². The summed E-state index contributed by atoms with van der Waals surface area (Å²) in [6.07, 6.45) is 1.04. The average Bonchev–Trinajstić information content (AvgIpc) is 3.06. The van der Waals surface area contributed by atoms with Crippen LogP contribution in [0.1, 0.15) is 42.0 Å². The lowest BCUT2D eigenvalue weighted by Crippen LogP contribution is -2.47. The van der Waals surface area contributed by atoms with Gasteiger partial charge in [-0.15, -0.1) is 0 Å². The van der Waals surface area contributed by atoms with E-state index in [0.717, 1.165) is 37.4 Å². The lowest BCUT2D eigenvalue weighted by molar-refractivity contribution is 0.0600. The van der Waals surface area contributed by atoms with E-state index >= 15 is 0 Å². The first-order valence-corrected chi connectivity index (χ1v) is 10.2. The number of esters is 1. The smallest absolute Gasteiger partial charge is 0.337 e. The minimum Gasteiger partial charge on any atom is -0.465 e. The third-order valence-electron chi connectivity index (χ3n) is 6.76. The van der Waals surface area contributed by atoms with Crippen molar-refractivity contribution in [2.45, 2.75) is 32.2 Å². The van der Waals surface area contributed by atoms with Gasteiger partial charge >= 0.3 is 5.97 Å². The van der Waals surface area contributed by atoms with Crippen molar-refractivity contribution in [3.63, 3.8) is 0 Å². The van der Waals surface area contributed by atoms with Crippen LogP contribution in [0.5, 0.6) is 0 Å². The molecule has 0 aliphatic carbocycles. The number of aromatic nitrogens is 2. The van der Waals surface area contributed by atoms with Gasteiger partial charge in [-0.25, -0.2) is 9.78 Å². The summed E-state index contributed by atoms with van der Waals surface area (Å²) in [7, 11) is 3.53. The van der Waals surface area contributed by atoms with Crippen LogP contribution >= 0.6 is 0 Å². The molecule has 1 saturated heterocycles. The molecular weight excluding hydrogens is 362 g/mol. The van der Waals surface area contributed by atoms with E-state index in [-0.39, 0.29) is 11.4 Å². The second kappa shape index (κ2) is 7.64. The minimum atomic E-state index is -0.276. The van der Waals surface area contributed by atoms with Crippen molar-refractivity contribution in [1.82, 2.24) is 14.5 Å². The number of aryl methyl sites for hydroxylation is 1. The van der Waals surface area contributed by atoms with E-state index in [9.17, 15) is 4.79 Å². The van der Waals surface area contributed by atoms with Crippen molar-refractivity contribution >= 4 is 17.0 Å². The number of methoxy groups -OCH3 is 1. The van der Waals surface area contributed by atoms with Crippen LogP contribution in [0.4, 0.5) is 0 Å². The third-order valence-corrected chi connectivity index (χ3v) is 6.76. The van der Waals surface area contributed by atoms with Gasteiger partial charge in [-0.1, -0.05) is 38.1 Å². The van der Waals surface area contributed by atoms with Crippen LogP contribution in [0.15, 0.2) is 48.5 Å². The number of hydrogen-bond donors (Lipinski definition) is 0. The van der Waals surface area contributed by atoms with Gasteiger partial charge < -0.3 is 9.30 Å². The Hall–Kier alpha value is -2.66. The van der Waals surface area contributed by atoms with Gasteiger partial charge in [0.05, 0.1) is 30.3 Å². The molecule has 29 heavy (non-hydrogen) atoms. The maximum absolute atomic E-state index is 12.0. The lowest BCUT2D eigenvalue weighted by atomic mass is 9.68. The standard InChI is InChI=1S/C24H29N3O2/c1-17-15-27(16-22-25-20-10-5-6-11-21(20)26(22)3)13-12-24(17,2)19-9-7-8-18(14-19)23(28)29-4/h5-11,14,17H,12-13,15-16H2,1-4H3/t17-,24+/m0/s1. The molecule has 4 rings (SSSR count). The van der Waals surface area contributed by atoms with Crippen LogP contribution in [0.2, 0.25) is 0 Å². The fourth-order valence-corrected chi connectivity index (χ4v) is 4.55. The quantitative estimate of drug-likeness (QED) is 0.627. The van der Waals surface area contributed by atoms with Crippen molar-refractivity contribution in [3.8, 4) is 0 Å². The highest BCUT2D eigenvalue weighted by Gasteiger charge is 2.38. The first kappa shape index (κ1) is 19.6. The SMILES string of the molecule is COC(=O)c1cccc([C@]2(C)CCN(Cc3nc4ccccc4n3C)C[C@@H]2C)c1. The summed E-state index contributed by atoms with van der Waals surface area (Å²) >= 11 is 0. The van der Waals surface area contributed by atoms with E-state index in [1.807, 2.05) is 24.3 Å². The predicted octanol–water partition coefficient (Wildman–Crippen LogP) is 4.16. The van der Waals surface area contributed by atoms with Crippen molar-refractivity contribution in [3.05, 3.63) is 65.5 Å². The molecular formula is C24H29N3O2. The van der Waals surface area contributed by atoms with Crippen molar-refractivity contribution in [2.24, 2.45) is 13.0 Å². The average molecular weight is 392 g/mol. The first-order chi connectivity index (χ1) is 13.9. The van der Waals surface area contributed by atoms with Crippen LogP contribution in [-0.4, -0.2) is 40.6 Å². The van der Waals surface area contributed by atoms with Crippen molar-refractivity contribution in [1.29, 1.82) is 0 Å². The molecule has 2 heterocycles. The summed E-state index contributed by atoms with van der Waals surface area (Å²) in [5.41, 5.74) is 4.11. The molecule has 3 aromatic rings. The highest BCUT2D eigenvalue weighted by Crippen LogP contribution is 2.40. The normalized spacial score (nSPS) is 22.7. The molecule has 1 aliphatic heterocycles.